The van der Waals surface area contributed by atoms with Gasteiger partial charge in [-0.3, -0.25) is 19.7 Å². The third-order valence-electron chi connectivity index (χ3n) is 2.96. The molecule has 8 nitrogen and oxygen atoms in total. The lowest BCUT2D eigenvalue weighted by molar-refractivity contribution is -0.134. The van der Waals surface area contributed by atoms with E-state index in [1.807, 2.05) is 0 Å². The highest BCUT2D eigenvalue weighted by atomic mass is 16.2. The Morgan fingerprint density at radius 1 is 1.19 bits per heavy atom. The van der Waals surface area contributed by atoms with Crippen LogP contribution in [0.4, 0.5) is 10.5 Å². The molecule has 1 heterocycles. The monoisotopic (exact) mass is 290 g/mol. The van der Waals surface area contributed by atoms with Gasteiger partial charge in [-0.15, -0.1) is 0 Å². The topological polar surface area (TPSA) is 130 Å². The molecule has 8 heteroatoms. The minimum atomic E-state index is -0.723. The molecule has 0 saturated carbocycles. The number of urea groups is 1. The van der Waals surface area contributed by atoms with Crippen molar-refractivity contribution in [3.05, 3.63) is 29.8 Å². The molecule has 0 aliphatic carbocycles. The second-order valence-electron chi connectivity index (χ2n) is 4.54. The van der Waals surface area contributed by atoms with Crippen LogP contribution < -0.4 is 21.7 Å². The maximum Gasteiger partial charge on any atom is 0.316 e. The largest absolute Gasteiger partial charge is 0.351 e. The number of primary amides is 1. The molecule has 1 aliphatic heterocycles. The summed E-state index contributed by atoms with van der Waals surface area (Å²) in [5.41, 5.74) is 5.76. The summed E-state index contributed by atoms with van der Waals surface area (Å²) in [5.74, 6) is -1.28. The van der Waals surface area contributed by atoms with Crippen molar-refractivity contribution in [2.24, 2.45) is 5.73 Å². The zero-order chi connectivity index (χ0) is 15.4. The number of amides is 5. The summed E-state index contributed by atoms with van der Waals surface area (Å²) in [7, 11) is 0. The number of hydrogen-bond donors (Lipinski definition) is 4. The first-order valence-electron chi connectivity index (χ1n) is 6.27. The van der Waals surface area contributed by atoms with Crippen LogP contribution in [0.15, 0.2) is 24.3 Å². The van der Waals surface area contributed by atoms with E-state index in [9.17, 15) is 19.2 Å². The van der Waals surface area contributed by atoms with Crippen molar-refractivity contribution in [1.29, 1.82) is 0 Å². The van der Waals surface area contributed by atoms with E-state index in [1.165, 1.54) is 24.3 Å². The predicted octanol–water partition coefficient (Wildman–Crippen LogP) is -0.288. The summed E-state index contributed by atoms with van der Waals surface area (Å²) in [6.45, 7) is 0. The summed E-state index contributed by atoms with van der Waals surface area (Å²) in [5, 5.41) is 7.08. The van der Waals surface area contributed by atoms with Gasteiger partial charge in [0.15, 0.2) is 0 Å². The molecule has 5 amide bonds. The van der Waals surface area contributed by atoms with E-state index in [-0.39, 0.29) is 18.7 Å². The second kappa shape index (κ2) is 6.04. The smallest absolute Gasteiger partial charge is 0.316 e. The fraction of sp³-hybridized carbons (Fsp3) is 0.231. The van der Waals surface area contributed by atoms with Crippen LogP contribution in [-0.4, -0.2) is 29.8 Å². The Balaban J connectivity index is 1.98. The van der Waals surface area contributed by atoms with Crippen molar-refractivity contribution in [3.8, 4) is 0 Å². The normalized spacial score (nSPS) is 17.8. The van der Waals surface area contributed by atoms with Crippen molar-refractivity contribution in [1.82, 2.24) is 10.6 Å². The Bertz CT molecular complexity index is 597. The van der Waals surface area contributed by atoms with Crippen LogP contribution in [0.3, 0.4) is 0 Å². The van der Waals surface area contributed by atoms with Gasteiger partial charge >= 0.3 is 6.03 Å². The maximum absolute atomic E-state index is 12.0. The van der Waals surface area contributed by atoms with E-state index in [0.717, 1.165) is 0 Å². The highest BCUT2D eigenvalue weighted by molar-refractivity contribution is 6.03. The Hall–Kier alpha value is -2.90. The average molecular weight is 290 g/mol. The first-order valence-corrected chi connectivity index (χ1v) is 6.27. The number of imide groups is 1. The van der Waals surface area contributed by atoms with Gasteiger partial charge in [0.05, 0.1) is 0 Å². The van der Waals surface area contributed by atoms with Gasteiger partial charge in [0.1, 0.15) is 6.04 Å². The van der Waals surface area contributed by atoms with E-state index in [2.05, 4.69) is 16.0 Å². The number of anilines is 1. The molecule has 1 saturated heterocycles. The molecule has 1 unspecified atom stereocenters. The van der Waals surface area contributed by atoms with Gasteiger partial charge in [-0.05, 0) is 30.7 Å². The molecule has 1 fully saturated rings. The molecule has 0 spiro atoms. The van der Waals surface area contributed by atoms with Gasteiger partial charge in [-0.1, -0.05) is 0 Å². The lowest BCUT2D eigenvalue weighted by atomic mass is 10.1. The minimum absolute atomic E-state index is 0.193. The van der Waals surface area contributed by atoms with E-state index in [4.69, 9.17) is 5.73 Å². The molecule has 1 aromatic carbocycles. The van der Waals surface area contributed by atoms with Gasteiger partial charge < -0.3 is 16.4 Å². The van der Waals surface area contributed by atoms with E-state index < -0.39 is 23.9 Å². The molecule has 1 aliphatic rings. The molecule has 110 valence electrons. The molecule has 0 bridgehead atoms. The van der Waals surface area contributed by atoms with Crippen LogP contribution in [0.25, 0.3) is 0 Å². The number of carbonyl (C=O) groups excluding carboxylic acids is 4. The lowest BCUT2D eigenvalue weighted by Gasteiger charge is -2.21. The molecular formula is C13H14N4O4. The van der Waals surface area contributed by atoms with E-state index in [1.54, 1.807) is 0 Å². The summed E-state index contributed by atoms with van der Waals surface area (Å²) in [6, 6.07) is 4.60. The first kappa shape index (κ1) is 14.5. The Kier molecular flexibility index (Phi) is 4.17. The van der Waals surface area contributed by atoms with Crippen LogP contribution in [0.2, 0.25) is 0 Å². The number of nitrogens with one attached hydrogen (secondary N) is 3. The average Bonchev–Trinajstić information content (AvgIpc) is 2.42. The van der Waals surface area contributed by atoms with E-state index >= 15 is 0 Å². The number of piperidine rings is 1. The Morgan fingerprint density at radius 2 is 1.86 bits per heavy atom. The highest BCUT2D eigenvalue weighted by Crippen LogP contribution is 2.11. The molecule has 0 aromatic heterocycles. The summed E-state index contributed by atoms with van der Waals surface area (Å²) in [4.78, 5) is 45.2. The molecule has 21 heavy (non-hydrogen) atoms. The Morgan fingerprint density at radius 3 is 2.43 bits per heavy atom. The maximum atomic E-state index is 12.0. The van der Waals surface area contributed by atoms with E-state index in [0.29, 0.717) is 11.3 Å². The number of carbonyl (C=O) groups is 4. The third-order valence-corrected chi connectivity index (χ3v) is 2.96. The molecule has 5 N–H and O–H groups in total. The molecule has 2 rings (SSSR count). The van der Waals surface area contributed by atoms with Gasteiger partial charge in [-0.25, -0.2) is 4.79 Å². The number of benzene rings is 1. The zero-order valence-electron chi connectivity index (χ0n) is 11.0. The summed E-state index contributed by atoms with van der Waals surface area (Å²) in [6.07, 6.45) is 0.468. The molecule has 1 aromatic rings. The second-order valence-corrected chi connectivity index (χ2v) is 4.54. The number of hydrogen-bond acceptors (Lipinski definition) is 4. The fourth-order valence-electron chi connectivity index (χ4n) is 1.92. The van der Waals surface area contributed by atoms with Crippen LogP contribution in [0, 0.1) is 0 Å². The standard InChI is InChI=1S/C13H14N4O4/c14-13(21)15-8-3-1-7(2-4-8)11(19)16-9-5-6-10(18)17-12(9)20/h1-4,9H,5-6H2,(H,16,19)(H3,14,15,21)(H,17,18,20). The van der Waals surface area contributed by atoms with Gasteiger partial charge in [0.2, 0.25) is 11.8 Å². The van der Waals surface area contributed by atoms with Crippen molar-refractivity contribution in [3.63, 3.8) is 0 Å². The molecule has 1 atom stereocenters. The Labute approximate surface area is 120 Å². The summed E-state index contributed by atoms with van der Waals surface area (Å²) >= 11 is 0. The highest BCUT2D eigenvalue weighted by Gasteiger charge is 2.27. The van der Waals surface area contributed by atoms with Crippen molar-refractivity contribution in [2.45, 2.75) is 18.9 Å². The van der Waals surface area contributed by atoms with Crippen molar-refractivity contribution >= 4 is 29.4 Å². The summed E-state index contributed by atoms with van der Waals surface area (Å²) < 4.78 is 0. The van der Waals surface area contributed by atoms with Gasteiger partial charge in [0, 0.05) is 17.7 Å². The zero-order valence-corrected chi connectivity index (χ0v) is 11.0. The van der Waals surface area contributed by atoms with Crippen LogP contribution in [0.5, 0.6) is 0 Å². The van der Waals surface area contributed by atoms with Crippen LogP contribution in [-0.2, 0) is 9.59 Å². The van der Waals surface area contributed by atoms with Crippen molar-refractivity contribution < 1.29 is 19.2 Å². The molecular weight excluding hydrogens is 276 g/mol. The SMILES string of the molecule is NC(=O)Nc1ccc(C(=O)NC2CCC(=O)NC2=O)cc1. The number of rotatable bonds is 3. The third kappa shape index (κ3) is 3.78. The van der Waals surface area contributed by atoms with Gasteiger partial charge in [-0.2, -0.15) is 0 Å². The van der Waals surface area contributed by atoms with Gasteiger partial charge in [0.25, 0.3) is 5.91 Å². The van der Waals surface area contributed by atoms with Crippen LogP contribution in [0.1, 0.15) is 23.2 Å². The minimum Gasteiger partial charge on any atom is -0.351 e. The lowest BCUT2D eigenvalue weighted by Crippen LogP contribution is -2.52. The van der Waals surface area contributed by atoms with Crippen LogP contribution >= 0.6 is 0 Å². The quantitative estimate of drug-likeness (QED) is 0.570. The fourth-order valence-corrected chi connectivity index (χ4v) is 1.92. The predicted molar refractivity (Wildman–Crippen MR) is 73.3 cm³/mol. The number of nitrogens with two attached hydrogens (primary N) is 1. The first-order chi connectivity index (χ1) is 9.95. The van der Waals surface area contributed by atoms with Crippen molar-refractivity contribution in [2.75, 3.05) is 5.32 Å². The molecule has 0 radical (unpaired) electrons.